The van der Waals surface area contributed by atoms with Crippen molar-refractivity contribution in [2.75, 3.05) is 23.9 Å². The monoisotopic (exact) mass is 1820 g/mol. The molecule has 1 N–H and O–H groups in total. The number of benzene rings is 3. The molecule has 16 atom stereocenters. The minimum absolute atomic E-state index is 0. The van der Waals surface area contributed by atoms with Gasteiger partial charge in [-0.1, -0.05) is 58.0 Å². The molecule has 64 heavy (non-hydrogen) atoms. The van der Waals surface area contributed by atoms with E-state index in [9.17, 15) is 0 Å². The van der Waals surface area contributed by atoms with Crippen molar-refractivity contribution in [1.82, 2.24) is 0 Å². The fourth-order valence-corrected chi connectivity index (χ4v) is 205. The molecule has 3 aromatic carbocycles. The number of rotatable bonds is 17. The Kier molecular flexibility index (Phi) is 75.3. The Morgan fingerprint density at radius 1 is 0.641 bits per heavy atom. The Morgan fingerprint density at radius 2 is 0.984 bits per heavy atom. The van der Waals surface area contributed by atoms with Crippen LogP contribution in [0.25, 0.3) is 0 Å². The van der Waals surface area contributed by atoms with Gasteiger partial charge in [0, 0.05) is 17.1 Å². The van der Waals surface area contributed by atoms with Crippen molar-refractivity contribution in [2.24, 2.45) is 0 Å². The summed E-state index contributed by atoms with van der Waals surface area (Å²) in [6.45, 7) is 8.79. The molecule has 0 heterocycles. The smallest absolute Gasteiger partial charge is 1.00 e. The van der Waals surface area contributed by atoms with E-state index < -0.39 is 0 Å². The van der Waals surface area contributed by atoms with E-state index >= 15 is 0 Å². The third-order valence-electron chi connectivity index (χ3n) is 5.96. The molecule has 0 radical (unpaired) electrons. The number of alkyl halides is 2. The molecule has 0 aliphatic rings. The number of aromatic hydroxyl groups is 1. The summed E-state index contributed by atoms with van der Waals surface area (Å²) in [5.41, 5.74) is 3.69. The van der Waals surface area contributed by atoms with Crippen molar-refractivity contribution in [3.05, 3.63) is 82.0 Å². The number of carbonyl (C=O) groups is 1. The molecule has 36 heteroatoms. The molecule has 0 aliphatic carbocycles. The fourth-order valence-electron chi connectivity index (χ4n) is 3.35. The van der Waals surface area contributed by atoms with E-state index in [4.69, 9.17) is 24.6 Å². The average molecular weight is 1820 g/mol. The first kappa shape index (κ1) is 85.6. The third kappa shape index (κ3) is 47.3. The van der Waals surface area contributed by atoms with Gasteiger partial charge in [0.15, 0.2) is 0 Å². The van der Waals surface area contributed by atoms with Crippen LogP contribution in [0.4, 0.5) is 0 Å². The van der Waals surface area contributed by atoms with E-state index in [1.54, 1.807) is 6.07 Å². The average Bonchev–Trinajstić information content (AvgIpc) is 3.18. The van der Waals surface area contributed by atoms with Crippen LogP contribution in [0.1, 0.15) is 31.0 Å². The van der Waals surface area contributed by atoms with Gasteiger partial charge in [-0.3, -0.25) is 4.79 Å². The van der Waals surface area contributed by atoms with Crippen LogP contribution in [0.15, 0.2) is 54.6 Å². The molecule has 0 aromatic heterocycles. The SMILES string of the molecule is BrCCCBr.Cc1ccc(O)c(I)c1.Cc1ccc(OCCCOc2ccc(C)cc2I)c(I)c1.O=CO[O-].PP(P)P(P)P(P(P)P)P(P)P.PPP(P)P(P(P)P)P(P)P.[H-].[K+].[K+]. The quantitative estimate of drug-likeness (QED) is 0.0212. The van der Waals surface area contributed by atoms with Gasteiger partial charge in [-0.05, 0) is 211 Å². The topological polar surface area (TPSA) is 88.0 Å². The Balaban J connectivity index is -0.000000172. The second-order valence-electron chi connectivity index (χ2n) is 11.0. The van der Waals surface area contributed by atoms with Crippen LogP contribution in [0.5, 0.6) is 17.2 Å². The molecule has 0 spiro atoms. The number of ether oxygens (including phenoxy) is 2. The van der Waals surface area contributed by atoms with Gasteiger partial charge in [0.05, 0.1) is 23.9 Å². The van der Waals surface area contributed by atoms with Crippen LogP contribution in [-0.2, 0) is 9.68 Å². The summed E-state index contributed by atoms with van der Waals surface area (Å²) in [7, 11) is 39.9. The predicted molar refractivity (Wildman–Crippen MR) is 386 cm³/mol. The maximum atomic E-state index is 9.04. The van der Waals surface area contributed by atoms with Crippen LogP contribution >= 0.6 is 287 Å². The first-order valence-corrected chi connectivity index (χ1v) is 62.2. The number of aryl methyl sites for hydroxylation is 3. The Morgan fingerprint density at radius 3 is 1.19 bits per heavy atom. The molecule has 0 bridgehead atoms. The summed E-state index contributed by atoms with van der Waals surface area (Å²) in [5.74, 6) is 2.26. The number of phenols is 1. The van der Waals surface area contributed by atoms with Crippen molar-refractivity contribution in [2.45, 2.75) is 33.6 Å². The Bertz CT molecular complexity index is 1550. The summed E-state index contributed by atoms with van der Waals surface area (Å²) in [4.78, 5) is 11.2. The maximum absolute atomic E-state index is 9.04. The van der Waals surface area contributed by atoms with Crippen LogP contribution in [0.3, 0.4) is 0 Å². The summed E-state index contributed by atoms with van der Waals surface area (Å²) in [6, 6.07) is 18.0. The largest absolute Gasteiger partial charge is 1.00 e. The van der Waals surface area contributed by atoms with E-state index in [2.05, 4.69) is 259 Å². The normalized spacial score (nSPS) is 11.4. The fraction of sp³-hybridized carbons (Fsp3) is 0.321. The minimum atomic E-state index is -0.181. The van der Waals surface area contributed by atoms with Crippen molar-refractivity contribution in [3.63, 3.8) is 0 Å². The number of phenolic OH excluding ortho intramolecular Hbond substituents is 1. The summed E-state index contributed by atoms with van der Waals surface area (Å²) >= 11 is 13.3. The molecule has 360 valence electrons. The summed E-state index contributed by atoms with van der Waals surface area (Å²) in [5, 5.41) is 19.7. The zero-order valence-corrected chi connectivity index (χ0v) is 75.9. The molecule has 0 aliphatic heterocycles. The van der Waals surface area contributed by atoms with Crippen LogP contribution in [-0.4, -0.2) is 35.5 Å². The second-order valence-corrected chi connectivity index (χ2v) is 100. The zero-order chi connectivity index (χ0) is 48.5. The zero-order valence-electron chi connectivity index (χ0n) is 36.9. The van der Waals surface area contributed by atoms with Crippen molar-refractivity contribution in [3.8, 4) is 17.2 Å². The van der Waals surface area contributed by atoms with Gasteiger partial charge in [-0.15, -0.1) is 116 Å². The molecule has 0 fully saturated rings. The van der Waals surface area contributed by atoms with E-state index in [0.717, 1.165) is 47.2 Å². The van der Waals surface area contributed by atoms with Crippen molar-refractivity contribution >= 4 is 293 Å². The molecular formula is C28H60Br2I3K2O6P23. The minimum Gasteiger partial charge on any atom is -1.00 e. The number of halogens is 5. The molecule has 3 aromatic rings. The van der Waals surface area contributed by atoms with E-state index in [-0.39, 0.29) is 174 Å². The number of carbonyl (C=O) groups excluding carboxylic acids is 1. The van der Waals surface area contributed by atoms with Gasteiger partial charge >= 0.3 is 103 Å². The standard InChI is InChI=1S/C17H18I2O2.C7H7IO.C3H6Br2.CH2O3.2K.H14P12.H13P11.H/c1-12-4-6-16(14(18)10-12)20-8-3-9-21-17-7-5-13(2)11-15(17)19;1-5-2-3-7(9)6(8)4-5;4-2-1-3-5;2-1-4-3;;;1-8(2)11(7)12(9(3)4)10(5)6;1-7-10(6)11(8(2)3)9(4)5;/h4-7,10-11H,3,8-9H2,1-2H3;2-4,9H,1H3;1-3H2;1,3H;;;1-7H2;7H,1-6H2;/q;;;;2*+1;;;-1/p-1. The van der Waals surface area contributed by atoms with E-state index in [1.165, 1.54) is 23.1 Å². The van der Waals surface area contributed by atoms with Crippen LogP contribution in [0.2, 0.25) is 0 Å². The van der Waals surface area contributed by atoms with Gasteiger partial charge in [0.25, 0.3) is 6.47 Å². The van der Waals surface area contributed by atoms with Crippen LogP contribution in [0, 0.1) is 31.5 Å². The Labute approximate surface area is 572 Å². The summed E-state index contributed by atoms with van der Waals surface area (Å²) in [6.07, 6.45) is 2.09. The van der Waals surface area contributed by atoms with Gasteiger partial charge in [0.1, 0.15) is 17.2 Å². The molecule has 3 rings (SSSR count). The van der Waals surface area contributed by atoms with E-state index in [0.29, 0.717) is 19.0 Å². The number of hydrogen-bond donors (Lipinski definition) is 1. The summed E-state index contributed by atoms with van der Waals surface area (Å²) < 4.78 is 14.8. The van der Waals surface area contributed by atoms with Gasteiger partial charge in [0.2, 0.25) is 0 Å². The van der Waals surface area contributed by atoms with E-state index in [1.807, 2.05) is 31.2 Å². The Hall–Kier alpha value is 12.8. The van der Waals surface area contributed by atoms with Crippen LogP contribution < -0.4 is 118 Å². The number of hydrogen-bond acceptors (Lipinski definition) is 6. The molecule has 0 amide bonds. The molecular weight excluding hydrogens is 1760 g/mol. The molecule has 6 nitrogen and oxygen atoms in total. The molecule has 0 saturated carbocycles. The van der Waals surface area contributed by atoms with Gasteiger partial charge in [-0.2, -0.15) is 0 Å². The van der Waals surface area contributed by atoms with Gasteiger partial charge in [-0.25, -0.2) is 0 Å². The third-order valence-corrected chi connectivity index (χ3v) is 135. The molecule has 0 saturated heterocycles. The van der Waals surface area contributed by atoms with Gasteiger partial charge < -0.3 is 26.2 Å². The van der Waals surface area contributed by atoms with Crippen molar-refractivity contribution in [1.29, 1.82) is 0 Å². The second kappa shape index (κ2) is 56.3. The first-order chi connectivity index (χ1) is 29.0. The predicted octanol–water partition coefficient (Wildman–Crippen LogP) is 15.0. The maximum Gasteiger partial charge on any atom is 1.00 e. The first-order valence-electron chi connectivity index (χ1n) is 16.7. The molecule has 16 unspecified atom stereocenters. The van der Waals surface area contributed by atoms with Crippen molar-refractivity contribution < 1.29 is 134 Å².